The summed E-state index contributed by atoms with van der Waals surface area (Å²) in [4.78, 5) is 0. The van der Waals surface area contributed by atoms with Crippen molar-refractivity contribution in [1.29, 1.82) is 0 Å². The predicted octanol–water partition coefficient (Wildman–Crippen LogP) is 0.698. The van der Waals surface area contributed by atoms with Crippen LogP contribution in [0.15, 0.2) is 24.3 Å². The van der Waals surface area contributed by atoms with Crippen LogP contribution in [0.3, 0.4) is 0 Å². The van der Waals surface area contributed by atoms with Gasteiger partial charge in [0.15, 0.2) is 0 Å². The van der Waals surface area contributed by atoms with Crippen molar-refractivity contribution >= 4 is 15.7 Å². The highest BCUT2D eigenvalue weighted by molar-refractivity contribution is 7.89. The van der Waals surface area contributed by atoms with E-state index in [1.165, 1.54) is 4.31 Å². The standard InChI is InChI=1S/C13H20N2O4S/c1-11-10-18-6-5-15(11)20(16,17)8-7-19-13-4-2-3-12(14)9-13/h2-4,9,11H,5-8,10,14H2,1H3. The van der Waals surface area contributed by atoms with E-state index in [1.54, 1.807) is 24.3 Å². The summed E-state index contributed by atoms with van der Waals surface area (Å²) in [5, 5.41) is 0. The van der Waals surface area contributed by atoms with E-state index in [0.717, 1.165) is 0 Å². The molecule has 0 radical (unpaired) electrons. The second-order valence-corrected chi connectivity index (χ2v) is 6.81. The number of rotatable bonds is 5. The van der Waals surface area contributed by atoms with Crippen molar-refractivity contribution in [1.82, 2.24) is 4.31 Å². The third kappa shape index (κ3) is 3.84. The topological polar surface area (TPSA) is 81.9 Å². The van der Waals surface area contributed by atoms with Gasteiger partial charge in [-0.05, 0) is 19.1 Å². The Labute approximate surface area is 119 Å². The number of hydrogen-bond acceptors (Lipinski definition) is 5. The van der Waals surface area contributed by atoms with Gasteiger partial charge in [0.05, 0.1) is 19.0 Å². The monoisotopic (exact) mass is 300 g/mol. The number of sulfonamides is 1. The minimum Gasteiger partial charge on any atom is -0.492 e. The molecule has 1 aliphatic rings. The van der Waals surface area contributed by atoms with Crippen molar-refractivity contribution < 1.29 is 17.9 Å². The van der Waals surface area contributed by atoms with Crippen LogP contribution >= 0.6 is 0 Å². The average molecular weight is 300 g/mol. The molecule has 1 atom stereocenters. The van der Waals surface area contributed by atoms with Gasteiger partial charge in [-0.2, -0.15) is 4.31 Å². The molecule has 2 rings (SSSR count). The zero-order valence-corrected chi connectivity index (χ0v) is 12.3. The Bertz CT molecular complexity index is 547. The van der Waals surface area contributed by atoms with Crippen molar-refractivity contribution in [3.63, 3.8) is 0 Å². The number of ether oxygens (including phenoxy) is 2. The minimum absolute atomic E-state index is 0.0495. The van der Waals surface area contributed by atoms with E-state index >= 15 is 0 Å². The van der Waals surface area contributed by atoms with Crippen LogP contribution in [-0.2, 0) is 14.8 Å². The molecule has 0 amide bonds. The van der Waals surface area contributed by atoms with Crippen LogP contribution in [0, 0.1) is 0 Å². The maximum Gasteiger partial charge on any atom is 0.217 e. The van der Waals surface area contributed by atoms with Crippen molar-refractivity contribution in [2.24, 2.45) is 0 Å². The number of benzene rings is 1. The molecule has 1 saturated heterocycles. The lowest BCUT2D eigenvalue weighted by Gasteiger charge is -2.32. The number of nitrogens with two attached hydrogens (primary N) is 1. The number of nitrogens with zero attached hydrogens (tertiary/aromatic N) is 1. The van der Waals surface area contributed by atoms with Gasteiger partial charge in [0.2, 0.25) is 10.0 Å². The molecule has 6 nitrogen and oxygen atoms in total. The van der Waals surface area contributed by atoms with Gasteiger partial charge in [-0.25, -0.2) is 8.42 Å². The van der Waals surface area contributed by atoms with Crippen molar-refractivity contribution in [3.8, 4) is 5.75 Å². The van der Waals surface area contributed by atoms with Crippen molar-refractivity contribution in [3.05, 3.63) is 24.3 Å². The molecular weight excluding hydrogens is 280 g/mol. The summed E-state index contributed by atoms with van der Waals surface area (Å²) in [5.74, 6) is 0.529. The molecule has 112 valence electrons. The molecule has 20 heavy (non-hydrogen) atoms. The van der Waals surface area contributed by atoms with Crippen molar-refractivity contribution in [2.75, 3.05) is 37.9 Å². The zero-order valence-electron chi connectivity index (χ0n) is 11.5. The lowest BCUT2D eigenvalue weighted by atomic mass is 10.3. The van der Waals surface area contributed by atoms with Gasteiger partial charge in [-0.3, -0.25) is 0 Å². The SMILES string of the molecule is CC1COCCN1S(=O)(=O)CCOc1cccc(N)c1. The smallest absolute Gasteiger partial charge is 0.217 e. The molecule has 7 heteroatoms. The Morgan fingerprint density at radius 3 is 3.00 bits per heavy atom. The van der Waals surface area contributed by atoms with E-state index in [1.807, 2.05) is 6.92 Å². The van der Waals surface area contributed by atoms with Crippen LogP contribution in [0.2, 0.25) is 0 Å². The van der Waals surface area contributed by atoms with Gasteiger partial charge in [-0.15, -0.1) is 0 Å². The molecule has 1 aromatic rings. The van der Waals surface area contributed by atoms with Gasteiger partial charge in [0.1, 0.15) is 12.4 Å². The van der Waals surface area contributed by atoms with E-state index in [4.69, 9.17) is 15.2 Å². The van der Waals surface area contributed by atoms with E-state index in [-0.39, 0.29) is 18.4 Å². The lowest BCUT2D eigenvalue weighted by Crippen LogP contribution is -2.48. The third-order valence-corrected chi connectivity index (χ3v) is 5.07. The second kappa shape index (κ2) is 6.43. The first kappa shape index (κ1) is 15.1. The van der Waals surface area contributed by atoms with Crippen LogP contribution in [0.1, 0.15) is 6.92 Å². The van der Waals surface area contributed by atoms with Gasteiger partial charge >= 0.3 is 0 Å². The fraction of sp³-hybridized carbons (Fsp3) is 0.538. The summed E-state index contributed by atoms with van der Waals surface area (Å²) >= 11 is 0. The number of nitrogen functional groups attached to an aromatic ring is 1. The minimum atomic E-state index is -3.32. The highest BCUT2D eigenvalue weighted by Crippen LogP contribution is 2.16. The largest absolute Gasteiger partial charge is 0.492 e. The summed E-state index contributed by atoms with van der Waals surface area (Å²) in [7, 11) is -3.32. The molecule has 1 aromatic carbocycles. The Morgan fingerprint density at radius 1 is 1.50 bits per heavy atom. The first-order valence-electron chi connectivity index (χ1n) is 6.54. The van der Waals surface area contributed by atoms with E-state index in [0.29, 0.717) is 31.2 Å². The summed E-state index contributed by atoms with van der Waals surface area (Å²) in [6.07, 6.45) is 0. The maximum absolute atomic E-state index is 12.2. The summed E-state index contributed by atoms with van der Waals surface area (Å²) < 4.78 is 36.6. The first-order chi connectivity index (χ1) is 9.49. The van der Waals surface area contributed by atoms with Gasteiger partial charge in [0.25, 0.3) is 0 Å². The fourth-order valence-electron chi connectivity index (χ4n) is 2.11. The molecule has 1 aliphatic heterocycles. The third-order valence-electron chi connectivity index (χ3n) is 3.13. The van der Waals surface area contributed by atoms with Crippen LogP contribution < -0.4 is 10.5 Å². The number of morpholine rings is 1. The van der Waals surface area contributed by atoms with Gasteiger partial charge in [0, 0.05) is 24.3 Å². The molecule has 0 aromatic heterocycles. The molecule has 0 saturated carbocycles. The second-order valence-electron chi connectivity index (χ2n) is 4.77. The molecule has 0 spiro atoms. The van der Waals surface area contributed by atoms with E-state index in [2.05, 4.69) is 0 Å². The molecule has 1 fully saturated rings. The van der Waals surface area contributed by atoms with Crippen LogP contribution in [-0.4, -0.2) is 50.9 Å². The van der Waals surface area contributed by atoms with E-state index < -0.39 is 10.0 Å². The fourth-order valence-corrected chi connectivity index (χ4v) is 3.60. The molecular formula is C13H20N2O4S. The molecule has 0 bridgehead atoms. The Hall–Kier alpha value is -1.31. The van der Waals surface area contributed by atoms with Crippen LogP contribution in [0.25, 0.3) is 0 Å². The molecule has 2 N–H and O–H groups in total. The lowest BCUT2D eigenvalue weighted by molar-refractivity contribution is 0.0391. The number of hydrogen-bond donors (Lipinski definition) is 1. The molecule has 1 unspecified atom stereocenters. The van der Waals surface area contributed by atoms with Crippen molar-refractivity contribution in [2.45, 2.75) is 13.0 Å². The number of anilines is 1. The summed E-state index contributed by atoms with van der Waals surface area (Å²) in [5.41, 5.74) is 6.22. The Morgan fingerprint density at radius 2 is 2.30 bits per heavy atom. The average Bonchev–Trinajstić information content (AvgIpc) is 2.39. The van der Waals surface area contributed by atoms with Gasteiger partial charge < -0.3 is 15.2 Å². The Balaban J connectivity index is 1.89. The predicted molar refractivity (Wildman–Crippen MR) is 77.1 cm³/mol. The highest BCUT2D eigenvalue weighted by atomic mass is 32.2. The molecule has 0 aliphatic carbocycles. The summed E-state index contributed by atoms with van der Waals surface area (Å²) in [6, 6.07) is 6.81. The van der Waals surface area contributed by atoms with Gasteiger partial charge in [-0.1, -0.05) is 6.07 Å². The molecule has 1 heterocycles. The first-order valence-corrected chi connectivity index (χ1v) is 8.15. The van der Waals surface area contributed by atoms with Crippen LogP contribution in [0.5, 0.6) is 5.75 Å². The zero-order chi connectivity index (χ0) is 14.6. The summed E-state index contributed by atoms with van der Waals surface area (Å²) in [6.45, 7) is 3.24. The van der Waals surface area contributed by atoms with E-state index in [9.17, 15) is 8.42 Å². The quantitative estimate of drug-likeness (QED) is 0.809. The normalized spacial score (nSPS) is 20.8. The highest BCUT2D eigenvalue weighted by Gasteiger charge is 2.29. The maximum atomic E-state index is 12.2. The Kier molecular flexibility index (Phi) is 4.85. The van der Waals surface area contributed by atoms with Crippen LogP contribution in [0.4, 0.5) is 5.69 Å².